The molecule has 0 unspecified atom stereocenters. The molecule has 20 heavy (non-hydrogen) atoms. The number of carboxylic acids is 1. The lowest BCUT2D eigenvalue weighted by molar-refractivity contribution is -0.136. The molecule has 2 aliphatic rings. The monoisotopic (exact) mass is 270 g/mol. The predicted molar refractivity (Wildman–Crippen MR) is 76.7 cm³/mol. The van der Waals surface area contributed by atoms with Crippen LogP contribution in [0.25, 0.3) is 5.57 Å². The van der Waals surface area contributed by atoms with Gasteiger partial charge in [0.2, 0.25) is 0 Å². The number of hydrogen-bond acceptors (Lipinski definition) is 2. The van der Waals surface area contributed by atoms with Crippen molar-refractivity contribution in [2.45, 2.75) is 44.9 Å². The Morgan fingerprint density at radius 2 is 1.90 bits per heavy atom. The van der Waals surface area contributed by atoms with E-state index in [1.54, 1.807) is 5.57 Å². The Morgan fingerprint density at radius 3 is 2.70 bits per heavy atom. The van der Waals surface area contributed by atoms with Gasteiger partial charge in [0.15, 0.2) is 5.78 Å². The first kappa shape index (κ1) is 13.1. The molecule has 0 atom stereocenters. The zero-order chi connectivity index (χ0) is 14.1. The van der Waals surface area contributed by atoms with Gasteiger partial charge in [-0.15, -0.1) is 0 Å². The number of hydrogen-bond donors (Lipinski definition) is 1. The van der Waals surface area contributed by atoms with Crippen molar-refractivity contribution >= 4 is 17.3 Å². The first-order valence-electron chi connectivity index (χ1n) is 7.24. The number of allylic oxidation sites excluding steroid dienone is 2. The number of rotatable bonds is 4. The third kappa shape index (κ3) is 2.40. The zero-order valence-electron chi connectivity index (χ0n) is 11.4. The molecular weight excluding hydrogens is 252 g/mol. The standard InChI is InChI=1S/C17H18O3/c18-16(7-8-17(19)20)12-5-6-15-13(10-12)9-11-3-1-2-4-14(11)15/h5-6,10H,1-4,7-9H2,(H,19,20). The largest absolute Gasteiger partial charge is 0.481 e. The Hall–Kier alpha value is -1.90. The van der Waals surface area contributed by atoms with Crippen LogP contribution in [0.5, 0.6) is 0 Å². The highest BCUT2D eigenvalue weighted by Gasteiger charge is 2.24. The minimum Gasteiger partial charge on any atom is -0.481 e. The summed E-state index contributed by atoms with van der Waals surface area (Å²) in [4.78, 5) is 22.5. The van der Waals surface area contributed by atoms with E-state index in [9.17, 15) is 9.59 Å². The molecule has 3 rings (SSSR count). The third-order valence-electron chi connectivity index (χ3n) is 4.30. The van der Waals surface area contributed by atoms with Crippen LogP contribution in [0, 0.1) is 0 Å². The van der Waals surface area contributed by atoms with E-state index in [4.69, 9.17) is 5.11 Å². The fourth-order valence-electron chi connectivity index (χ4n) is 3.29. The van der Waals surface area contributed by atoms with Gasteiger partial charge in [0, 0.05) is 12.0 Å². The lowest BCUT2D eigenvalue weighted by Gasteiger charge is -2.13. The maximum absolute atomic E-state index is 12.0. The number of fused-ring (bicyclic) bond motifs is 2. The molecule has 2 aliphatic carbocycles. The number of carbonyl (C=O) groups is 2. The maximum Gasteiger partial charge on any atom is 0.303 e. The lowest BCUT2D eigenvalue weighted by atomic mass is 9.92. The Morgan fingerprint density at radius 1 is 1.10 bits per heavy atom. The van der Waals surface area contributed by atoms with E-state index in [-0.39, 0.29) is 18.6 Å². The van der Waals surface area contributed by atoms with E-state index in [1.165, 1.54) is 36.0 Å². The second kappa shape index (κ2) is 5.23. The summed E-state index contributed by atoms with van der Waals surface area (Å²) in [7, 11) is 0. The molecule has 0 bridgehead atoms. The number of ketones is 1. The summed E-state index contributed by atoms with van der Waals surface area (Å²) in [6.45, 7) is 0. The van der Waals surface area contributed by atoms with Crippen molar-refractivity contribution in [2.75, 3.05) is 0 Å². The van der Waals surface area contributed by atoms with E-state index in [0.29, 0.717) is 5.56 Å². The SMILES string of the molecule is O=C(O)CCC(=O)c1ccc2c(c1)CC1=C2CCCC1. The molecule has 0 fully saturated rings. The van der Waals surface area contributed by atoms with Gasteiger partial charge in [0.05, 0.1) is 6.42 Å². The van der Waals surface area contributed by atoms with Crippen LogP contribution in [-0.4, -0.2) is 16.9 Å². The van der Waals surface area contributed by atoms with Crippen LogP contribution in [0.1, 0.15) is 60.0 Å². The zero-order valence-corrected chi connectivity index (χ0v) is 11.4. The fraction of sp³-hybridized carbons (Fsp3) is 0.412. The number of benzene rings is 1. The van der Waals surface area contributed by atoms with Crippen molar-refractivity contribution in [1.29, 1.82) is 0 Å². The van der Waals surface area contributed by atoms with Gasteiger partial charge in [-0.1, -0.05) is 17.7 Å². The van der Waals surface area contributed by atoms with Crippen molar-refractivity contribution in [3.8, 4) is 0 Å². The highest BCUT2D eigenvalue weighted by Crippen LogP contribution is 2.41. The molecule has 1 N–H and O–H groups in total. The Balaban J connectivity index is 1.80. The molecule has 0 saturated carbocycles. The maximum atomic E-state index is 12.0. The van der Waals surface area contributed by atoms with Gasteiger partial charge in [-0.05, 0) is 54.9 Å². The molecule has 0 aliphatic heterocycles. The molecule has 3 heteroatoms. The number of carboxylic acid groups (broad SMARTS) is 1. The molecule has 104 valence electrons. The van der Waals surface area contributed by atoms with Gasteiger partial charge < -0.3 is 5.11 Å². The molecule has 1 aromatic rings. The van der Waals surface area contributed by atoms with Crippen LogP contribution < -0.4 is 0 Å². The van der Waals surface area contributed by atoms with E-state index in [0.717, 1.165) is 12.8 Å². The fourth-order valence-corrected chi connectivity index (χ4v) is 3.29. The molecule has 3 nitrogen and oxygen atoms in total. The predicted octanol–water partition coefficient (Wildman–Crippen LogP) is 3.62. The van der Waals surface area contributed by atoms with Crippen LogP contribution in [0.2, 0.25) is 0 Å². The molecule has 0 aromatic heterocycles. The molecule has 0 spiro atoms. The molecule has 0 radical (unpaired) electrons. The number of Topliss-reactive ketones (excluding diaryl/α,β-unsaturated/α-hetero) is 1. The van der Waals surface area contributed by atoms with Gasteiger partial charge >= 0.3 is 5.97 Å². The van der Waals surface area contributed by atoms with E-state index < -0.39 is 5.97 Å². The summed E-state index contributed by atoms with van der Waals surface area (Å²) in [5.41, 5.74) is 6.26. The first-order chi connectivity index (χ1) is 9.65. The van der Waals surface area contributed by atoms with Crippen molar-refractivity contribution in [3.05, 3.63) is 40.5 Å². The van der Waals surface area contributed by atoms with Crippen LogP contribution in [0.3, 0.4) is 0 Å². The van der Waals surface area contributed by atoms with Crippen molar-refractivity contribution in [1.82, 2.24) is 0 Å². The van der Waals surface area contributed by atoms with Gasteiger partial charge in [-0.25, -0.2) is 0 Å². The highest BCUT2D eigenvalue weighted by atomic mass is 16.4. The van der Waals surface area contributed by atoms with Gasteiger partial charge in [-0.3, -0.25) is 9.59 Å². The smallest absolute Gasteiger partial charge is 0.303 e. The molecule has 0 amide bonds. The quantitative estimate of drug-likeness (QED) is 0.850. The summed E-state index contributed by atoms with van der Waals surface area (Å²) in [5.74, 6) is -0.989. The molecule has 0 saturated heterocycles. The minimum atomic E-state index is -0.920. The van der Waals surface area contributed by atoms with E-state index in [1.807, 2.05) is 12.1 Å². The third-order valence-corrected chi connectivity index (χ3v) is 4.30. The average molecular weight is 270 g/mol. The Bertz CT molecular complexity index is 611. The lowest BCUT2D eigenvalue weighted by Crippen LogP contribution is -2.04. The highest BCUT2D eigenvalue weighted by molar-refractivity contribution is 5.98. The van der Waals surface area contributed by atoms with E-state index in [2.05, 4.69) is 6.07 Å². The minimum absolute atomic E-state index is 0.0694. The van der Waals surface area contributed by atoms with Crippen molar-refractivity contribution in [3.63, 3.8) is 0 Å². The van der Waals surface area contributed by atoms with Gasteiger partial charge in [0.25, 0.3) is 0 Å². The van der Waals surface area contributed by atoms with E-state index >= 15 is 0 Å². The van der Waals surface area contributed by atoms with Gasteiger partial charge in [0.1, 0.15) is 0 Å². The summed E-state index contributed by atoms with van der Waals surface area (Å²) in [5, 5.41) is 8.65. The van der Waals surface area contributed by atoms with Crippen LogP contribution in [0.15, 0.2) is 23.8 Å². The topological polar surface area (TPSA) is 54.4 Å². The summed E-state index contributed by atoms with van der Waals surface area (Å²) >= 11 is 0. The summed E-state index contributed by atoms with van der Waals surface area (Å²) < 4.78 is 0. The molecular formula is C17H18O3. The normalized spacial score (nSPS) is 16.8. The first-order valence-corrected chi connectivity index (χ1v) is 7.24. The number of aliphatic carboxylic acids is 1. The van der Waals surface area contributed by atoms with Crippen LogP contribution >= 0.6 is 0 Å². The van der Waals surface area contributed by atoms with Crippen molar-refractivity contribution < 1.29 is 14.7 Å². The van der Waals surface area contributed by atoms with Crippen LogP contribution in [0.4, 0.5) is 0 Å². The van der Waals surface area contributed by atoms with Crippen molar-refractivity contribution in [2.24, 2.45) is 0 Å². The molecule has 1 aromatic carbocycles. The summed E-state index contributed by atoms with van der Waals surface area (Å²) in [6, 6.07) is 5.88. The van der Waals surface area contributed by atoms with Crippen LogP contribution in [-0.2, 0) is 11.2 Å². The number of carbonyl (C=O) groups excluding carboxylic acids is 1. The Kier molecular flexibility index (Phi) is 3.43. The molecule has 0 heterocycles. The second-order valence-electron chi connectivity index (χ2n) is 5.65. The van der Waals surface area contributed by atoms with Gasteiger partial charge in [-0.2, -0.15) is 0 Å². The second-order valence-corrected chi connectivity index (χ2v) is 5.65. The average Bonchev–Trinajstić information content (AvgIpc) is 2.82. The summed E-state index contributed by atoms with van der Waals surface area (Å²) in [6.07, 6.45) is 5.85. The Labute approximate surface area is 118 Å².